The van der Waals surface area contributed by atoms with Crippen LogP contribution in [0, 0.1) is 16.0 Å². The molecule has 0 spiro atoms. The molecule has 19 heavy (non-hydrogen) atoms. The van der Waals surface area contributed by atoms with E-state index in [1.54, 1.807) is 0 Å². The molecule has 1 aliphatic rings. The molecular weight excluding hydrogens is 246 g/mol. The number of aliphatic imine (C=N–C) groups is 2. The predicted octanol–water partition coefficient (Wildman–Crippen LogP) is 1.03. The summed E-state index contributed by atoms with van der Waals surface area (Å²) in [5.74, 6) is 0.773. The Bertz CT molecular complexity index is 392. The lowest BCUT2D eigenvalue weighted by Crippen LogP contribution is -2.68. The van der Waals surface area contributed by atoms with Crippen molar-refractivity contribution in [2.45, 2.75) is 52.5 Å². The first-order valence-electron chi connectivity index (χ1n) is 6.62. The predicted molar refractivity (Wildman–Crippen MR) is 76.2 cm³/mol. The molecule has 1 aliphatic heterocycles. The van der Waals surface area contributed by atoms with Crippen molar-refractivity contribution in [2.75, 3.05) is 6.54 Å². The van der Waals surface area contributed by atoms with Gasteiger partial charge in [0.25, 0.3) is 0 Å². The highest BCUT2D eigenvalue weighted by Gasteiger charge is 2.51. The van der Waals surface area contributed by atoms with Crippen molar-refractivity contribution in [1.29, 1.82) is 0 Å². The van der Waals surface area contributed by atoms with E-state index in [4.69, 9.17) is 0 Å². The third-order valence-corrected chi connectivity index (χ3v) is 2.81. The van der Waals surface area contributed by atoms with Gasteiger partial charge in [-0.05, 0) is 20.4 Å². The van der Waals surface area contributed by atoms with Gasteiger partial charge in [0, 0.05) is 12.0 Å². The molecule has 0 aromatic heterocycles. The van der Waals surface area contributed by atoms with Crippen molar-refractivity contribution < 1.29 is 4.92 Å². The number of nitrogens with one attached hydrogen (secondary N) is 2. The second kappa shape index (κ2) is 6.21. The minimum absolute atomic E-state index is 0.0474. The van der Waals surface area contributed by atoms with Crippen LogP contribution in [0.15, 0.2) is 9.98 Å². The van der Waals surface area contributed by atoms with Crippen molar-refractivity contribution in [3.8, 4) is 0 Å². The zero-order valence-electron chi connectivity index (χ0n) is 12.2. The first-order valence-corrected chi connectivity index (χ1v) is 6.62. The van der Waals surface area contributed by atoms with E-state index in [1.165, 1.54) is 6.21 Å². The van der Waals surface area contributed by atoms with Gasteiger partial charge in [-0.3, -0.25) is 15.4 Å². The van der Waals surface area contributed by atoms with Crippen molar-refractivity contribution in [2.24, 2.45) is 15.9 Å². The maximum atomic E-state index is 11.5. The smallest absolute Gasteiger partial charge is 0.288 e. The van der Waals surface area contributed by atoms with Crippen LogP contribution in [0.3, 0.4) is 0 Å². The van der Waals surface area contributed by atoms with Crippen molar-refractivity contribution >= 4 is 12.1 Å². The molecule has 2 atom stereocenters. The van der Waals surface area contributed by atoms with E-state index >= 15 is 0 Å². The van der Waals surface area contributed by atoms with Crippen molar-refractivity contribution in [1.82, 2.24) is 10.6 Å². The Kier molecular flexibility index (Phi) is 5.13. The van der Waals surface area contributed by atoms with E-state index in [1.807, 2.05) is 34.6 Å². The van der Waals surface area contributed by atoms with E-state index in [9.17, 15) is 10.1 Å². The van der Waals surface area contributed by atoms with Gasteiger partial charge in [0.05, 0.1) is 4.92 Å². The molecule has 0 saturated carbocycles. The van der Waals surface area contributed by atoms with E-state index in [0.717, 1.165) is 0 Å². The summed E-state index contributed by atoms with van der Waals surface area (Å²) in [6.45, 7) is 10.2. The standard InChI is InChI=1S/C12H23N5O2/c1-6-13-11-12(17(18)19,16-9(4)5)7-14-10(15-11)8(2)3/h7-9,11,13,16H,6H2,1-5H3. The average molecular weight is 269 g/mol. The number of rotatable bonds is 6. The molecule has 7 heteroatoms. The summed E-state index contributed by atoms with van der Waals surface area (Å²) >= 11 is 0. The van der Waals surface area contributed by atoms with Gasteiger partial charge in [-0.2, -0.15) is 0 Å². The highest BCUT2D eigenvalue weighted by molar-refractivity contribution is 5.95. The second-order valence-electron chi connectivity index (χ2n) is 5.24. The van der Waals surface area contributed by atoms with Crippen LogP contribution in [0.2, 0.25) is 0 Å². The Balaban J connectivity index is 3.16. The molecule has 1 rings (SSSR count). The lowest BCUT2D eigenvalue weighted by molar-refractivity contribution is -0.559. The molecule has 2 N–H and O–H groups in total. The van der Waals surface area contributed by atoms with Crippen LogP contribution in [-0.4, -0.2) is 41.4 Å². The maximum Gasteiger partial charge on any atom is 0.346 e. The molecule has 1 heterocycles. The summed E-state index contributed by atoms with van der Waals surface area (Å²) in [7, 11) is 0. The molecule has 0 bridgehead atoms. The molecule has 0 saturated heterocycles. The first-order chi connectivity index (χ1) is 8.83. The van der Waals surface area contributed by atoms with Crippen molar-refractivity contribution in [3.05, 3.63) is 10.1 Å². The zero-order valence-corrected chi connectivity index (χ0v) is 12.2. The van der Waals surface area contributed by atoms with Crippen LogP contribution in [0.25, 0.3) is 0 Å². The van der Waals surface area contributed by atoms with Gasteiger partial charge in [-0.15, -0.1) is 0 Å². The van der Waals surface area contributed by atoms with Gasteiger partial charge < -0.3 is 0 Å². The maximum absolute atomic E-state index is 11.5. The third-order valence-electron chi connectivity index (χ3n) is 2.81. The third kappa shape index (κ3) is 3.36. The summed E-state index contributed by atoms with van der Waals surface area (Å²) in [5.41, 5.74) is -1.48. The number of hydrogen-bond acceptors (Lipinski definition) is 6. The summed E-state index contributed by atoms with van der Waals surface area (Å²) in [5, 5.41) is 17.6. The largest absolute Gasteiger partial charge is 0.346 e. The molecule has 0 radical (unpaired) electrons. The minimum Gasteiger partial charge on any atom is -0.288 e. The summed E-state index contributed by atoms with van der Waals surface area (Å²) in [6.07, 6.45) is 0.729. The fourth-order valence-corrected chi connectivity index (χ4v) is 1.97. The SMILES string of the molecule is CCNC1N=C(C(C)C)N=CC1(NC(C)C)[N+](=O)[O-]. The van der Waals surface area contributed by atoms with Crippen LogP contribution in [-0.2, 0) is 0 Å². The van der Waals surface area contributed by atoms with Gasteiger partial charge in [-0.1, -0.05) is 20.8 Å². The number of hydrogen-bond donors (Lipinski definition) is 2. The lowest BCUT2D eigenvalue weighted by atomic mass is 10.0. The van der Waals surface area contributed by atoms with Crippen LogP contribution in [0.5, 0.6) is 0 Å². The molecule has 2 unspecified atom stereocenters. The van der Waals surface area contributed by atoms with Crippen molar-refractivity contribution in [3.63, 3.8) is 0 Å². The Morgan fingerprint density at radius 3 is 2.53 bits per heavy atom. The lowest BCUT2D eigenvalue weighted by Gasteiger charge is -2.33. The fourth-order valence-electron chi connectivity index (χ4n) is 1.97. The van der Waals surface area contributed by atoms with Gasteiger partial charge in [0.2, 0.25) is 0 Å². The number of likely N-dealkylation sites (N-methyl/N-ethyl adjacent to an activating group) is 1. The molecule has 0 aromatic carbocycles. The normalized spacial score (nSPS) is 26.9. The summed E-state index contributed by atoms with van der Waals surface area (Å²) < 4.78 is 0. The summed E-state index contributed by atoms with van der Waals surface area (Å²) in [4.78, 5) is 19.7. The molecular formula is C12H23N5O2. The van der Waals surface area contributed by atoms with E-state index < -0.39 is 11.8 Å². The zero-order chi connectivity index (χ0) is 14.6. The molecule has 0 fully saturated rings. The topological polar surface area (TPSA) is 91.9 Å². The quantitative estimate of drug-likeness (QED) is 0.428. The second-order valence-corrected chi connectivity index (χ2v) is 5.24. The van der Waals surface area contributed by atoms with Gasteiger partial charge in [0.1, 0.15) is 12.1 Å². The van der Waals surface area contributed by atoms with Gasteiger partial charge in [0.15, 0.2) is 6.17 Å². The van der Waals surface area contributed by atoms with E-state index in [0.29, 0.717) is 12.4 Å². The monoisotopic (exact) mass is 269 g/mol. The summed E-state index contributed by atoms with van der Waals surface area (Å²) in [6, 6.07) is -0.0474. The Morgan fingerprint density at radius 2 is 2.11 bits per heavy atom. The Labute approximate surface area is 113 Å². The van der Waals surface area contributed by atoms with Crippen LogP contribution in [0.1, 0.15) is 34.6 Å². The van der Waals surface area contributed by atoms with Crippen LogP contribution >= 0.6 is 0 Å². The molecule has 7 nitrogen and oxygen atoms in total. The highest BCUT2D eigenvalue weighted by Crippen LogP contribution is 2.19. The van der Waals surface area contributed by atoms with E-state index in [2.05, 4.69) is 20.6 Å². The Morgan fingerprint density at radius 1 is 1.47 bits per heavy atom. The van der Waals surface area contributed by atoms with Gasteiger partial charge in [-0.25, -0.2) is 15.3 Å². The molecule has 0 aliphatic carbocycles. The van der Waals surface area contributed by atoms with Crippen LogP contribution in [0.4, 0.5) is 0 Å². The van der Waals surface area contributed by atoms with Crippen LogP contribution < -0.4 is 10.6 Å². The number of nitrogens with zero attached hydrogens (tertiary/aromatic N) is 3. The van der Waals surface area contributed by atoms with Gasteiger partial charge >= 0.3 is 5.66 Å². The Hall–Kier alpha value is -1.34. The molecule has 0 amide bonds. The number of nitro groups is 1. The average Bonchev–Trinajstić information content (AvgIpc) is 2.30. The fraction of sp³-hybridized carbons (Fsp3) is 0.833. The highest BCUT2D eigenvalue weighted by atomic mass is 16.6. The molecule has 0 aromatic rings. The molecule has 108 valence electrons. The first kappa shape index (κ1) is 15.7. The number of amidine groups is 1. The minimum atomic E-state index is -1.48. The van der Waals surface area contributed by atoms with E-state index in [-0.39, 0.29) is 16.9 Å².